The van der Waals surface area contributed by atoms with Crippen LogP contribution >= 0.6 is 0 Å². The van der Waals surface area contributed by atoms with Crippen molar-refractivity contribution < 1.29 is 40.8 Å². The van der Waals surface area contributed by atoms with Crippen molar-refractivity contribution >= 4 is 22.1 Å². The van der Waals surface area contributed by atoms with Crippen molar-refractivity contribution in [3.63, 3.8) is 0 Å². The van der Waals surface area contributed by atoms with Crippen LogP contribution in [0.15, 0.2) is 0 Å². The number of carbonyl (C=O) groups excluding carboxylic acids is 2. The molecule has 0 heterocycles. The number of alkyl halides is 2. The van der Waals surface area contributed by atoms with E-state index in [2.05, 4.69) is 9.47 Å². The summed E-state index contributed by atoms with van der Waals surface area (Å²) >= 11 is 0. The Morgan fingerprint density at radius 1 is 1.33 bits per heavy atom. The lowest BCUT2D eigenvalue weighted by Crippen LogP contribution is -2.39. The van der Waals surface area contributed by atoms with E-state index >= 15 is 0 Å². The molecule has 0 amide bonds. The first-order chi connectivity index (χ1) is 8.04. The maximum atomic E-state index is 12.6. The fourth-order valence-electron chi connectivity index (χ4n) is 0.639. The Balaban J connectivity index is 4.34. The smallest absolute Gasteiger partial charge is 0.428 e. The predicted octanol–water partition coefficient (Wildman–Crippen LogP) is 0.557. The van der Waals surface area contributed by atoms with E-state index in [1.807, 2.05) is 0 Å². The monoisotopic (exact) mass is 290 g/mol. The van der Waals surface area contributed by atoms with Crippen LogP contribution in [0.25, 0.3) is 0 Å². The molecule has 0 aromatic heterocycles. The minimum atomic E-state index is -5.92. The lowest BCUT2D eigenvalue weighted by atomic mass is 10.1. The van der Waals surface area contributed by atoms with Gasteiger partial charge in [0.15, 0.2) is 0 Å². The molecule has 0 spiro atoms. The summed E-state index contributed by atoms with van der Waals surface area (Å²) in [5, 5.41) is -5.10. The molecule has 0 aromatic rings. The highest BCUT2D eigenvalue weighted by atomic mass is 32.2. The molecule has 0 rings (SSSR count). The number of hydrogen-bond acceptors (Lipinski definition) is 6. The molecular weight excluding hydrogens is 278 g/mol. The molecule has 0 aromatic carbocycles. The van der Waals surface area contributed by atoms with Gasteiger partial charge >= 0.3 is 27.3 Å². The van der Waals surface area contributed by atoms with Gasteiger partial charge in [-0.25, -0.2) is 4.79 Å². The summed E-state index contributed by atoms with van der Waals surface area (Å²) in [6.07, 6.45) is 0.425. The van der Waals surface area contributed by atoms with Gasteiger partial charge in [0.1, 0.15) is 0 Å². The van der Waals surface area contributed by atoms with Crippen molar-refractivity contribution in [2.24, 2.45) is 5.92 Å². The fourth-order valence-corrected chi connectivity index (χ4v) is 0.909. The summed E-state index contributed by atoms with van der Waals surface area (Å²) in [6.45, 7) is 2.01. The Hall–Kier alpha value is -1.29. The van der Waals surface area contributed by atoms with Crippen molar-refractivity contribution in [1.29, 1.82) is 0 Å². The van der Waals surface area contributed by atoms with Gasteiger partial charge in [0.25, 0.3) is 0 Å². The SMILES string of the molecule is CCC(C)C(=O)OCOC(=O)C(F)(F)S(=O)(=O)O. The van der Waals surface area contributed by atoms with Crippen LogP contribution in [0.4, 0.5) is 8.78 Å². The zero-order valence-corrected chi connectivity index (χ0v) is 10.4. The van der Waals surface area contributed by atoms with Crippen LogP contribution in [0, 0.1) is 5.92 Å². The third-order valence-corrected chi connectivity index (χ3v) is 2.78. The normalized spacial score (nSPS) is 13.8. The van der Waals surface area contributed by atoms with Gasteiger partial charge in [0.2, 0.25) is 6.79 Å². The number of esters is 2. The fraction of sp³-hybridized carbons (Fsp3) is 0.750. The summed E-state index contributed by atoms with van der Waals surface area (Å²) in [5.41, 5.74) is 0. The second-order valence-electron chi connectivity index (χ2n) is 3.31. The van der Waals surface area contributed by atoms with Crippen LogP contribution in [-0.4, -0.2) is 37.0 Å². The highest BCUT2D eigenvalue weighted by Crippen LogP contribution is 2.22. The molecule has 0 saturated heterocycles. The number of halogens is 2. The summed E-state index contributed by atoms with van der Waals surface area (Å²) in [7, 11) is -5.92. The lowest BCUT2D eigenvalue weighted by Gasteiger charge is -2.13. The highest BCUT2D eigenvalue weighted by molar-refractivity contribution is 7.87. The van der Waals surface area contributed by atoms with Crippen molar-refractivity contribution in [2.75, 3.05) is 6.79 Å². The van der Waals surface area contributed by atoms with E-state index in [0.717, 1.165) is 0 Å². The Morgan fingerprint density at radius 2 is 1.83 bits per heavy atom. The zero-order chi connectivity index (χ0) is 14.6. The Bertz CT molecular complexity index is 417. The highest BCUT2D eigenvalue weighted by Gasteiger charge is 2.54. The molecule has 0 saturated carbocycles. The molecule has 0 bridgehead atoms. The quantitative estimate of drug-likeness (QED) is 0.432. The van der Waals surface area contributed by atoms with Gasteiger partial charge in [-0.3, -0.25) is 9.35 Å². The maximum Gasteiger partial charge on any atom is 0.465 e. The summed E-state index contributed by atoms with van der Waals surface area (Å²) in [4.78, 5) is 21.7. The molecule has 1 N–H and O–H groups in total. The van der Waals surface area contributed by atoms with Gasteiger partial charge in [-0.1, -0.05) is 13.8 Å². The van der Waals surface area contributed by atoms with E-state index in [1.54, 1.807) is 6.92 Å². The molecule has 10 heteroatoms. The van der Waals surface area contributed by atoms with Crippen molar-refractivity contribution in [3.05, 3.63) is 0 Å². The Kier molecular flexibility index (Phi) is 5.61. The summed E-state index contributed by atoms with van der Waals surface area (Å²) in [6, 6.07) is 0. The molecule has 18 heavy (non-hydrogen) atoms. The first-order valence-electron chi connectivity index (χ1n) is 4.72. The van der Waals surface area contributed by atoms with Gasteiger partial charge in [-0.05, 0) is 6.42 Å². The Labute approximate surface area is 102 Å². The van der Waals surface area contributed by atoms with Gasteiger partial charge in [-0.15, -0.1) is 0 Å². The minimum absolute atomic E-state index is 0.425. The van der Waals surface area contributed by atoms with Crippen LogP contribution in [0.2, 0.25) is 0 Å². The molecule has 0 fully saturated rings. The topological polar surface area (TPSA) is 107 Å². The van der Waals surface area contributed by atoms with Crippen molar-refractivity contribution in [1.82, 2.24) is 0 Å². The van der Waals surface area contributed by atoms with E-state index in [0.29, 0.717) is 6.42 Å². The van der Waals surface area contributed by atoms with Crippen LogP contribution in [0.5, 0.6) is 0 Å². The van der Waals surface area contributed by atoms with E-state index in [9.17, 15) is 26.8 Å². The van der Waals surface area contributed by atoms with Gasteiger partial charge in [0.05, 0.1) is 5.92 Å². The second-order valence-corrected chi connectivity index (χ2v) is 4.78. The predicted molar refractivity (Wildman–Crippen MR) is 53.0 cm³/mol. The Morgan fingerprint density at radius 3 is 2.22 bits per heavy atom. The van der Waals surface area contributed by atoms with Gasteiger partial charge in [0, 0.05) is 0 Å². The number of carbonyl (C=O) groups is 2. The zero-order valence-electron chi connectivity index (χ0n) is 9.55. The average molecular weight is 290 g/mol. The molecule has 1 unspecified atom stereocenters. The van der Waals surface area contributed by atoms with Crippen molar-refractivity contribution in [3.8, 4) is 0 Å². The molecule has 0 aliphatic rings. The van der Waals surface area contributed by atoms with Crippen LogP contribution < -0.4 is 0 Å². The average Bonchev–Trinajstić information content (AvgIpc) is 2.25. The first kappa shape index (κ1) is 16.7. The summed E-state index contributed by atoms with van der Waals surface area (Å²) < 4.78 is 61.6. The number of ether oxygens (including phenoxy) is 2. The maximum absolute atomic E-state index is 12.6. The molecule has 0 aliphatic carbocycles. The van der Waals surface area contributed by atoms with E-state index in [4.69, 9.17) is 4.55 Å². The lowest BCUT2D eigenvalue weighted by molar-refractivity contribution is -0.180. The van der Waals surface area contributed by atoms with Crippen molar-refractivity contribution in [2.45, 2.75) is 25.5 Å². The first-order valence-corrected chi connectivity index (χ1v) is 6.16. The molecule has 1 atom stereocenters. The van der Waals surface area contributed by atoms with E-state index < -0.39 is 40.0 Å². The minimum Gasteiger partial charge on any atom is -0.428 e. The van der Waals surface area contributed by atoms with E-state index in [1.165, 1.54) is 6.92 Å². The standard InChI is InChI=1S/C8H12F2O7S/c1-3-5(2)6(11)16-4-17-7(12)8(9,10)18(13,14)15/h5H,3-4H2,1-2H3,(H,13,14,15). The number of hydrogen-bond donors (Lipinski definition) is 1. The van der Waals surface area contributed by atoms with E-state index in [-0.39, 0.29) is 0 Å². The second kappa shape index (κ2) is 6.05. The van der Waals surface area contributed by atoms with Crippen LogP contribution in [-0.2, 0) is 29.2 Å². The van der Waals surface area contributed by atoms with Crippen LogP contribution in [0.1, 0.15) is 20.3 Å². The molecule has 0 radical (unpaired) electrons. The van der Waals surface area contributed by atoms with Gasteiger partial charge in [-0.2, -0.15) is 17.2 Å². The molecule has 0 aliphatic heterocycles. The van der Waals surface area contributed by atoms with Gasteiger partial charge < -0.3 is 9.47 Å². The largest absolute Gasteiger partial charge is 0.465 e. The van der Waals surface area contributed by atoms with Crippen LogP contribution in [0.3, 0.4) is 0 Å². The third kappa shape index (κ3) is 4.18. The molecular formula is C8H12F2O7S. The summed E-state index contributed by atoms with van der Waals surface area (Å²) in [5.74, 6) is -3.84. The molecule has 106 valence electrons. The molecule has 7 nitrogen and oxygen atoms in total. The third-order valence-electron chi connectivity index (χ3n) is 1.97. The number of rotatable bonds is 6.